The molecule has 2 heterocycles. The summed E-state index contributed by atoms with van der Waals surface area (Å²) in [4.78, 5) is 20.7. The average Bonchev–Trinajstić information content (AvgIpc) is 2.73. The summed E-state index contributed by atoms with van der Waals surface area (Å²) in [6.45, 7) is 4.16. The van der Waals surface area contributed by atoms with Crippen molar-refractivity contribution in [2.75, 3.05) is 0 Å². The molecule has 1 amide bonds. The SMILES string of the molecule is Cc1cc(C)cc(C2=CC3=NC=NC(=O)C3S2)c1. The molecule has 90 valence electrons. The van der Waals surface area contributed by atoms with Gasteiger partial charge in [0.25, 0.3) is 5.91 Å². The number of thioether (sulfide) groups is 1. The summed E-state index contributed by atoms with van der Waals surface area (Å²) >= 11 is 1.54. The lowest BCUT2D eigenvalue weighted by Gasteiger charge is -2.09. The summed E-state index contributed by atoms with van der Waals surface area (Å²) in [5.41, 5.74) is 4.42. The predicted molar refractivity (Wildman–Crippen MR) is 76.2 cm³/mol. The van der Waals surface area contributed by atoms with Crippen LogP contribution in [0.5, 0.6) is 0 Å². The molecule has 0 saturated heterocycles. The Kier molecular flexibility index (Phi) is 2.67. The molecule has 1 unspecified atom stereocenters. The second kappa shape index (κ2) is 4.21. The quantitative estimate of drug-likeness (QED) is 0.775. The molecular weight excluding hydrogens is 244 g/mol. The van der Waals surface area contributed by atoms with E-state index in [0.29, 0.717) is 0 Å². The van der Waals surface area contributed by atoms with E-state index in [0.717, 1.165) is 16.2 Å². The monoisotopic (exact) mass is 256 g/mol. The van der Waals surface area contributed by atoms with Gasteiger partial charge in [-0.2, -0.15) is 0 Å². The zero-order valence-corrected chi connectivity index (χ0v) is 11.0. The van der Waals surface area contributed by atoms with Crippen LogP contribution < -0.4 is 0 Å². The van der Waals surface area contributed by atoms with Gasteiger partial charge in [-0.05, 0) is 25.5 Å². The summed E-state index contributed by atoms with van der Waals surface area (Å²) in [5, 5.41) is -0.245. The summed E-state index contributed by atoms with van der Waals surface area (Å²) < 4.78 is 0. The first-order valence-corrected chi connectivity index (χ1v) is 6.62. The Morgan fingerprint density at radius 2 is 1.89 bits per heavy atom. The largest absolute Gasteiger partial charge is 0.271 e. The van der Waals surface area contributed by atoms with Crippen LogP contribution in [-0.2, 0) is 4.79 Å². The molecule has 1 atom stereocenters. The van der Waals surface area contributed by atoms with Crippen LogP contribution in [-0.4, -0.2) is 23.2 Å². The molecule has 0 spiro atoms. The van der Waals surface area contributed by atoms with E-state index in [1.807, 2.05) is 6.08 Å². The highest BCUT2D eigenvalue weighted by Gasteiger charge is 2.32. The molecule has 2 aliphatic rings. The number of carbonyl (C=O) groups excluding carboxylic acids is 1. The number of hydrogen-bond acceptors (Lipinski definition) is 3. The number of rotatable bonds is 1. The highest BCUT2D eigenvalue weighted by atomic mass is 32.2. The van der Waals surface area contributed by atoms with Crippen LogP contribution in [0.2, 0.25) is 0 Å². The van der Waals surface area contributed by atoms with Gasteiger partial charge < -0.3 is 0 Å². The molecule has 0 aromatic heterocycles. The first-order valence-electron chi connectivity index (χ1n) is 5.74. The van der Waals surface area contributed by atoms with Crippen molar-refractivity contribution in [3.63, 3.8) is 0 Å². The van der Waals surface area contributed by atoms with E-state index < -0.39 is 0 Å². The zero-order valence-electron chi connectivity index (χ0n) is 10.2. The van der Waals surface area contributed by atoms with Crippen LogP contribution in [0.15, 0.2) is 34.3 Å². The number of allylic oxidation sites excluding steroid dienone is 1. The van der Waals surface area contributed by atoms with Crippen LogP contribution in [0, 0.1) is 13.8 Å². The molecule has 18 heavy (non-hydrogen) atoms. The van der Waals surface area contributed by atoms with Gasteiger partial charge in [-0.15, -0.1) is 11.8 Å². The summed E-state index contributed by atoms with van der Waals surface area (Å²) in [5.74, 6) is -0.111. The number of fused-ring (bicyclic) bond motifs is 1. The number of nitrogens with zero attached hydrogens (tertiary/aromatic N) is 2. The van der Waals surface area contributed by atoms with Gasteiger partial charge in [0.15, 0.2) is 0 Å². The first kappa shape index (κ1) is 11.4. The number of aryl methyl sites for hydroxylation is 2. The van der Waals surface area contributed by atoms with Gasteiger partial charge in [-0.3, -0.25) is 4.79 Å². The van der Waals surface area contributed by atoms with E-state index in [1.54, 1.807) is 11.8 Å². The molecular formula is C14H12N2OS. The molecule has 0 radical (unpaired) electrons. The summed E-state index contributed by atoms with van der Waals surface area (Å²) in [7, 11) is 0. The van der Waals surface area contributed by atoms with E-state index in [4.69, 9.17) is 0 Å². The maximum Gasteiger partial charge on any atom is 0.266 e. The second-order valence-electron chi connectivity index (χ2n) is 4.52. The van der Waals surface area contributed by atoms with Crippen LogP contribution in [0.4, 0.5) is 0 Å². The van der Waals surface area contributed by atoms with E-state index in [1.165, 1.54) is 17.5 Å². The molecule has 0 bridgehead atoms. The van der Waals surface area contributed by atoms with Gasteiger partial charge in [-0.1, -0.05) is 29.3 Å². The molecule has 0 aliphatic carbocycles. The Morgan fingerprint density at radius 3 is 2.56 bits per heavy atom. The summed E-state index contributed by atoms with van der Waals surface area (Å²) in [6, 6.07) is 6.41. The normalized spacial score (nSPS) is 21.7. The van der Waals surface area contributed by atoms with Crippen LogP contribution in [0.1, 0.15) is 16.7 Å². The molecule has 1 aromatic carbocycles. The van der Waals surface area contributed by atoms with Crippen molar-refractivity contribution < 1.29 is 4.79 Å². The molecule has 4 heteroatoms. The van der Waals surface area contributed by atoms with Crippen molar-refractivity contribution in [1.82, 2.24) is 0 Å². The fraction of sp³-hybridized carbons (Fsp3) is 0.214. The lowest BCUT2D eigenvalue weighted by molar-refractivity contribution is -0.116. The third-order valence-corrected chi connectivity index (χ3v) is 4.20. The minimum atomic E-state index is -0.245. The number of amides is 1. The van der Waals surface area contributed by atoms with E-state index in [9.17, 15) is 4.79 Å². The number of carbonyl (C=O) groups is 1. The smallest absolute Gasteiger partial charge is 0.266 e. The van der Waals surface area contributed by atoms with Crippen molar-refractivity contribution in [3.8, 4) is 0 Å². The highest BCUT2D eigenvalue weighted by molar-refractivity contribution is 8.10. The van der Waals surface area contributed by atoms with Crippen molar-refractivity contribution >= 4 is 34.6 Å². The van der Waals surface area contributed by atoms with E-state index in [-0.39, 0.29) is 11.2 Å². The fourth-order valence-corrected chi connectivity index (χ4v) is 3.31. The topological polar surface area (TPSA) is 41.8 Å². The Balaban J connectivity index is 2.00. The Bertz CT molecular complexity index is 608. The highest BCUT2D eigenvalue weighted by Crippen LogP contribution is 2.39. The molecule has 3 rings (SSSR count). The summed E-state index contributed by atoms with van der Waals surface area (Å²) in [6.07, 6.45) is 3.34. The van der Waals surface area contributed by atoms with Crippen molar-refractivity contribution in [2.24, 2.45) is 9.98 Å². The van der Waals surface area contributed by atoms with Crippen molar-refractivity contribution in [3.05, 3.63) is 41.0 Å². The van der Waals surface area contributed by atoms with Crippen molar-refractivity contribution in [2.45, 2.75) is 19.1 Å². The van der Waals surface area contributed by atoms with Gasteiger partial charge in [0, 0.05) is 4.91 Å². The average molecular weight is 256 g/mol. The third-order valence-electron chi connectivity index (χ3n) is 2.91. The second-order valence-corrected chi connectivity index (χ2v) is 5.67. The Hall–Kier alpha value is -1.68. The first-order chi connectivity index (χ1) is 8.63. The minimum Gasteiger partial charge on any atom is -0.271 e. The molecule has 0 N–H and O–H groups in total. The molecule has 0 fully saturated rings. The van der Waals surface area contributed by atoms with Crippen molar-refractivity contribution in [1.29, 1.82) is 0 Å². The molecule has 3 nitrogen and oxygen atoms in total. The minimum absolute atomic E-state index is 0.111. The third kappa shape index (κ3) is 1.93. The number of benzene rings is 1. The fourth-order valence-electron chi connectivity index (χ4n) is 2.20. The van der Waals surface area contributed by atoms with Gasteiger partial charge in [0.05, 0.1) is 5.71 Å². The lowest BCUT2D eigenvalue weighted by Crippen LogP contribution is -2.24. The van der Waals surface area contributed by atoms with E-state index >= 15 is 0 Å². The zero-order chi connectivity index (χ0) is 12.7. The standard InChI is InChI=1S/C14H12N2OS/c1-8-3-9(2)5-10(4-8)12-6-11-13(18-12)14(17)16-7-15-11/h3-7,13H,1-2H3. The number of hydrogen-bond donors (Lipinski definition) is 0. The lowest BCUT2D eigenvalue weighted by atomic mass is 10.1. The van der Waals surface area contributed by atoms with Gasteiger partial charge in [0.2, 0.25) is 0 Å². The van der Waals surface area contributed by atoms with Gasteiger partial charge in [-0.25, -0.2) is 9.98 Å². The van der Waals surface area contributed by atoms with Crippen LogP contribution in [0.25, 0.3) is 4.91 Å². The molecule has 0 saturated carbocycles. The van der Waals surface area contributed by atoms with Gasteiger partial charge >= 0.3 is 0 Å². The Labute approximate surface area is 110 Å². The number of aliphatic imine (C=N–C) groups is 2. The maximum absolute atomic E-state index is 11.7. The van der Waals surface area contributed by atoms with Crippen LogP contribution in [0.3, 0.4) is 0 Å². The van der Waals surface area contributed by atoms with E-state index in [2.05, 4.69) is 42.0 Å². The van der Waals surface area contributed by atoms with Gasteiger partial charge in [0.1, 0.15) is 11.6 Å². The predicted octanol–water partition coefficient (Wildman–Crippen LogP) is 2.77. The van der Waals surface area contributed by atoms with Crippen LogP contribution >= 0.6 is 11.8 Å². The molecule has 2 aliphatic heterocycles. The molecule has 1 aromatic rings. The Morgan fingerprint density at radius 1 is 1.17 bits per heavy atom. The maximum atomic E-state index is 11.7.